The van der Waals surface area contributed by atoms with Gasteiger partial charge >= 0.3 is 12.1 Å². The van der Waals surface area contributed by atoms with Gasteiger partial charge in [0.1, 0.15) is 5.52 Å². The van der Waals surface area contributed by atoms with E-state index in [1.54, 1.807) is 0 Å². The standard InChI is InChI=1S/C10H6ClF3N2O3/c1-19-5-3-2-4(9(17)18)7-6(11)8(10(12,13)14)15-16(5)7/h2-3H,1H3,(H,17,18). The number of fused-ring (bicyclic) bond motifs is 1. The van der Waals surface area contributed by atoms with Crippen LogP contribution in [0.15, 0.2) is 12.1 Å². The number of alkyl halides is 3. The Bertz CT molecular complexity index is 666. The number of rotatable bonds is 2. The van der Waals surface area contributed by atoms with Crippen molar-refractivity contribution in [1.29, 1.82) is 0 Å². The van der Waals surface area contributed by atoms with Crippen LogP contribution in [0.4, 0.5) is 13.2 Å². The summed E-state index contributed by atoms with van der Waals surface area (Å²) in [5, 5.41) is 11.5. The molecule has 2 rings (SSSR count). The first-order valence-corrected chi connectivity index (χ1v) is 5.21. The molecule has 2 heterocycles. The Kier molecular flexibility index (Phi) is 3.05. The number of pyridine rings is 1. The number of carbonyl (C=O) groups is 1. The fraction of sp³-hybridized carbons (Fsp3) is 0.200. The van der Waals surface area contributed by atoms with E-state index in [-0.39, 0.29) is 11.4 Å². The summed E-state index contributed by atoms with van der Waals surface area (Å²) in [7, 11) is 1.22. The van der Waals surface area contributed by atoms with Gasteiger partial charge < -0.3 is 9.84 Å². The van der Waals surface area contributed by atoms with Crippen molar-refractivity contribution in [2.45, 2.75) is 6.18 Å². The second-order valence-electron chi connectivity index (χ2n) is 3.52. The van der Waals surface area contributed by atoms with Crippen LogP contribution >= 0.6 is 11.6 Å². The first kappa shape index (κ1) is 13.5. The molecule has 9 heteroatoms. The van der Waals surface area contributed by atoms with Gasteiger partial charge in [-0.25, -0.2) is 4.79 Å². The van der Waals surface area contributed by atoms with Gasteiger partial charge in [0.25, 0.3) is 0 Å². The van der Waals surface area contributed by atoms with E-state index in [9.17, 15) is 18.0 Å². The molecule has 0 saturated carbocycles. The number of hydrogen-bond donors (Lipinski definition) is 1. The summed E-state index contributed by atoms with van der Waals surface area (Å²) in [6.45, 7) is 0. The van der Waals surface area contributed by atoms with E-state index in [1.807, 2.05) is 0 Å². The molecule has 0 aliphatic rings. The van der Waals surface area contributed by atoms with E-state index in [2.05, 4.69) is 5.10 Å². The molecular weight excluding hydrogens is 289 g/mol. The maximum Gasteiger partial charge on any atom is 0.436 e. The number of methoxy groups -OCH3 is 1. The predicted octanol–water partition coefficient (Wildman–Crippen LogP) is 2.71. The number of aromatic nitrogens is 2. The van der Waals surface area contributed by atoms with Gasteiger partial charge in [0, 0.05) is 6.07 Å². The monoisotopic (exact) mass is 294 g/mol. The number of ether oxygens (including phenoxy) is 1. The molecular formula is C10H6ClF3N2O3. The summed E-state index contributed by atoms with van der Waals surface area (Å²) < 4.78 is 43.7. The summed E-state index contributed by atoms with van der Waals surface area (Å²) in [5.74, 6) is -1.47. The van der Waals surface area contributed by atoms with E-state index in [0.29, 0.717) is 4.52 Å². The highest BCUT2D eigenvalue weighted by molar-refractivity contribution is 6.35. The summed E-state index contributed by atoms with van der Waals surface area (Å²) in [5.41, 5.74) is -2.11. The zero-order valence-electron chi connectivity index (χ0n) is 9.32. The molecule has 2 aromatic rings. The Labute approximate surface area is 109 Å². The first-order valence-electron chi connectivity index (χ1n) is 4.83. The molecule has 19 heavy (non-hydrogen) atoms. The smallest absolute Gasteiger partial charge is 0.436 e. The second-order valence-corrected chi connectivity index (χ2v) is 3.89. The van der Waals surface area contributed by atoms with Crippen LogP contribution in [0.2, 0.25) is 5.02 Å². The van der Waals surface area contributed by atoms with Crippen LogP contribution in [0.25, 0.3) is 5.52 Å². The number of aromatic carboxylic acids is 1. The molecule has 0 amide bonds. The van der Waals surface area contributed by atoms with Crippen molar-refractivity contribution in [2.24, 2.45) is 0 Å². The molecule has 0 radical (unpaired) electrons. The lowest BCUT2D eigenvalue weighted by Gasteiger charge is -2.04. The lowest BCUT2D eigenvalue weighted by atomic mass is 10.2. The zero-order chi connectivity index (χ0) is 14.4. The third kappa shape index (κ3) is 2.07. The zero-order valence-corrected chi connectivity index (χ0v) is 10.1. The highest BCUT2D eigenvalue weighted by Gasteiger charge is 2.39. The van der Waals surface area contributed by atoms with E-state index >= 15 is 0 Å². The Morgan fingerprint density at radius 1 is 1.47 bits per heavy atom. The summed E-state index contributed by atoms with van der Waals surface area (Å²) in [6.07, 6.45) is -4.79. The molecule has 102 valence electrons. The molecule has 0 aliphatic heterocycles. The molecule has 0 aliphatic carbocycles. The van der Waals surface area contributed by atoms with Crippen molar-refractivity contribution >= 4 is 23.1 Å². The molecule has 0 bridgehead atoms. The van der Waals surface area contributed by atoms with Gasteiger partial charge in [0.05, 0.1) is 17.7 Å². The minimum atomic E-state index is -4.79. The van der Waals surface area contributed by atoms with Gasteiger partial charge in [-0.2, -0.15) is 22.8 Å². The number of nitrogens with zero attached hydrogens (tertiary/aromatic N) is 2. The highest BCUT2D eigenvalue weighted by Crippen LogP contribution is 2.38. The van der Waals surface area contributed by atoms with Crippen molar-refractivity contribution in [3.05, 3.63) is 28.4 Å². The minimum absolute atomic E-state index is 0.0580. The average Bonchev–Trinajstić information content (AvgIpc) is 2.66. The van der Waals surface area contributed by atoms with Gasteiger partial charge in [-0.3, -0.25) is 0 Å². The summed E-state index contributed by atoms with van der Waals surface area (Å²) in [6, 6.07) is 2.30. The Morgan fingerprint density at radius 3 is 2.58 bits per heavy atom. The molecule has 0 spiro atoms. The lowest BCUT2D eigenvalue weighted by molar-refractivity contribution is -0.141. The molecule has 0 aromatic carbocycles. The Balaban J connectivity index is 2.91. The largest absolute Gasteiger partial charge is 0.481 e. The average molecular weight is 295 g/mol. The van der Waals surface area contributed by atoms with Crippen LogP contribution in [0.1, 0.15) is 16.1 Å². The van der Waals surface area contributed by atoms with E-state index in [4.69, 9.17) is 21.4 Å². The van der Waals surface area contributed by atoms with Gasteiger partial charge in [-0.1, -0.05) is 11.6 Å². The third-order valence-corrected chi connectivity index (χ3v) is 2.75. The van der Waals surface area contributed by atoms with Crippen LogP contribution in [0, 0.1) is 0 Å². The lowest BCUT2D eigenvalue weighted by Crippen LogP contribution is -2.07. The predicted molar refractivity (Wildman–Crippen MR) is 58.7 cm³/mol. The fourth-order valence-electron chi connectivity index (χ4n) is 1.60. The molecule has 0 saturated heterocycles. The van der Waals surface area contributed by atoms with E-state index in [0.717, 1.165) is 6.07 Å². The van der Waals surface area contributed by atoms with Crippen LogP contribution in [-0.4, -0.2) is 27.8 Å². The molecule has 2 aromatic heterocycles. The van der Waals surface area contributed by atoms with Gasteiger partial charge in [0.2, 0.25) is 5.88 Å². The van der Waals surface area contributed by atoms with Crippen molar-refractivity contribution in [1.82, 2.24) is 9.61 Å². The Hall–Kier alpha value is -1.96. The van der Waals surface area contributed by atoms with E-state index < -0.39 is 28.4 Å². The topological polar surface area (TPSA) is 63.8 Å². The molecule has 5 nitrogen and oxygen atoms in total. The maximum atomic E-state index is 12.7. The number of carboxylic acids is 1. The SMILES string of the molecule is COc1ccc(C(=O)O)c2c(Cl)c(C(F)(F)F)nn12. The van der Waals surface area contributed by atoms with Crippen LogP contribution in [0.3, 0.4) is 0 Å². The van der Waals surface area contributed by atoms with Crippen molar-refractivity contribution < 1.29 is 27.8 Å². The summed E-state index contributed by atoms with van der Waals surface area (Å²) >= 11 is 5.60. The van der Waals surface area contributed by atoms with Crippen molar-refractivity contribution in [2.75, 3.05) is 7.11 Å². The quantitative estimate of drug-likeness (QED) is 0.925. The highest BCUT2D eigenvalue weighted by atomic mass is 35.5. The normalized spacial score (nSPS) is 11.8. The first-order chi connectivity index (χ1) is 8.77. The van der Waals surface area contributed by atoms with Crippen molar-refractivity contribution in [3.8, 4) is 5.88 Å². The van der Waals surface area contributed by atoms with Crippen LogP contribution in [-0.2, 0) is 6.18 Å². The molecule has 1 N–H and O–H groups in total. The van der Waals surface area contributed by atoms with Gasteiger partial charge in [0.15, 0.2) is 5.69 Å². The maximum absolute atomic E-state index is 12.7. The van der Waals surface area contributed by atoms with Crippen LogP contribution in [0.5, 0.6) is 5.88 Å². The van der Waals surface area contributed by atoms with Gasteiger partial charge in [-0.15, -0.1) is 0 Å². The number of hydrogen-bond acceptors (Lipinski definition) is 3. The number of carboxylic acid groups (broad SMARTS) is 1. The Morgan fingerprint density at radius 2 is 2.11 bits per heavy atom. The minimum Gasteiger partial charge on any atom is -0.481 e. The number of halogens is 4. The van der Waals surface area contributed by atoms with Gasteiger partial charge in [-0.05, 0) is 6.07 Å². The van der Waals surface area contributed by atoms with Crippen molar-refractivity contribution in [3.63, 3.8) is 0 Å². The second kappa shape index (κ2) is 4.30. The molecule has 0 unspecified atom stereocenters. The van der Waals surface area contributed by atoms with E-state index in [1.165, 1.54) is 13.2 Å². The molecule has 0 fully saturated rings. The van der Waals surface area contributed by atoms with Crippen LogP contribution < -0.4 is 4.74 Å². The molecule has 0 atom stereocenters. The fourth-order valence-corrected chi connectivity index (χ4v) is 1.93. The summed E-state index contributed by atoms with van der Waals surface area (Å²) in [4.78, 5) is 11.0. The third-order valence-electron chi connectivity index (χ3n) is 2.39.